The minimum atomic E-state index is -0.120. The molecule has 1 amide bonds. The van der Waals surface area contributed by atoms with Gasteiger partial charge in [0.1, 0.15) is 0 Å². The van der Waals surface area contributed by atoms with Gasteiger partial charge in [0.25, 0.3) is 5.91 Å². The van der Waals surface area contributed by atoms with E-state index in [0.29, 0.717) is 18.7 Å². The van der Waals surface area contributed by atoms with Crippen molar-refractivity contribution in [2.75, 3.05) is 20.3 Å². The first-order valence-corrected chi connectivity index (χ1v) is 4.02. The van der Waals surface area contributed by atoms with Crippen molar-refractivity contribution in [3.05, 3.63) is 30.1 Å². The first kappa shape index (κ1) is 12.9. The monoisotopic (exact) mass is 216 g/mol. The van der Waals surface area contributed by atoms with Gasteiger partial charge in [-0.15, -0.1) is 12.4 Å². The molecule has 5 heteroatoms. The Balaban J connectivity index is 0.00000169. The third-order valence-corrected chi connectivity index (χ3v) is 1.52. The molecule has 0 spiro atoms. The van der Waals surface area contributed by atoms with Crippen molar-refractivity contribution in [2.45, 2.75) is 0 Å². The van der Waals surface area contributed by atoms with E-state index in [1.54, 1.807) is 25.4 Å². The Bertz CT molecular complexity index is 267. The molecule has 0 aliphatic rings. The molecule has 78 valence electrons. The van der Waals surface area contributed by atoms with E-state index in [1.165, 1.54) is 6.20 Å². The van der Waals surface area contributed by atoms with Crippen molar-refractivity contribution in [1.29, 1.82) is 0 Å². The molecule has 0 unspecified atom stereocenters. The summed E-state index contributed by atoms with van der Waals surface area (Å²) in [5.41, 5.74) is 0.568. The second-order valence-corrected chi connectivity index (χ2v) is 2.49. The fraction of sp³-hybridized carbons (Fsp3) is 0.333. The smallest absolute Gasteiger partial charge is 0.252 e. The van der Waals surface area contributed by atoms with E-state index in [1.807, 2.05) is 0 Å². The van der Waals surface area contributed by atoms with Gasteiger partial charge in [0.15, 0.2) is 0 Å². The van der Waals surface area contributed by atoms with Crippen molar-refractivity contribution in [3.8, 4) is 0 Å². The summed E-state index contributed by atoms with van der Waals surface area (Å²) >= 11 is 0. The van der Waals surface area contributed by atoms with Gasteiger partial charge in [0.2, 0.25) is 0 Å². The van der Waals surface area contributed by atoms with Gasteiger partial charge in [-0.05, 0) is 12.1 Å². The molecule has 1 N–H and O–H groups in total. The molecule has 0 saturated heterocycles. The van der Waals surface area contributed by atoms with Crippen LogP contribution in [0.25, 0.3) is 0 Å². The predicted molar refractivity (Wildman–Crippen MR) is 55.7 cm³/mol. The third-order valence-electron chi connectivity index (χ3n) is 1.52. The summed E-state index contributed by atoms with van der Waals surface area (Å²) in [6.07, 6.45) is 3.16. The molecule has 0 saturated carbocycles. The maximum absolute atomic E-state index is 11.3. The Morgan fingerprint density at radius 1 is 1.64 bits per heavy atom. The summed E-state index contributed by atoms with van der Waals surface area (Å²) in [6.45, 7) is 1.04. The molecule has 0 aliphatic carbocycles. The minimum Gasteiger partial charge on any atom is -0.383 e. The Morgan fingerprint density at radius 2 is 2.43 bits per heavy atom. The number of hydrogen-bond donors (Lipinski definition) is 1. The molecule has 1 heterocycles. The van der Waals surface area contributed by atoms with Gasteiger partial charge in [-0.3, -0.25) is 9.78 Å². The van der Waals surface area contributed by atoms with Gasteiger partial charge in [0, 0.05) is 26.0 Å². The fourth-order valence-corrected chi connectivity index (χ4v) is 0.866. The zero-order valence-corrected chi connectivity index (χ0v) is 8.71. The van der Waals surface area contributed by atoms with Crippen LogP contribution in [0.1, 0.15) is 10.4 Å². The van der Waals surface area contributed by atoms with Crippen molar-refractivity contribution < 1.29 is 9.53 Å². The molecule has 0 fully saturated rings. The second kappa shape index (κ2) is 7.29. The third kappa shape index (κ3) is 4.20. The van der Waals surface area contributed by atoms with E-state index in [9.17, 15) is 4.79 Å². The highest BCUT2D eigenvalue weighted by Crippen LogP contribution is 1.93. The summed E-state index contributed by atoms with van der Waals surface area (Å²) in [5, 5.41) is 2.70. The number of aromatic nitrogens is 1. The lowest BCUT2D eigenvalue weighted by Gasteiger charge is -2.02. The first-order valence-electron chi connectivity index (χ1n) is 4.02. The number of nitrogens with zero attached hydrogens (tertiary/aromatic N) is 1. The Morgan fingerprint density at radius 3 is 3.00 bits per heavy atom. The van der Waals surface area contributed by atoms with Crippen LogP contribution in [0.2, 0.25) is 0 Å². The lowest BCUT2D eigenvalue weighted by atomic mass is 10.3. The molecule has 0 bridgehead atoms. The lowest BCUT2D eigenvalue weighted by Crippen LogP contribution is -2.26. The maximum atomic E-state index is 11.3. The molecular formula is C9H13ClN2O2. The van der Waals surface area contributed by atoms with Crippen LogP contribution in [0.4, 0.5) is 0 Å². The van der Waals surface area contributed by atoms with Crippen LogP contribution in [0.15, 0.2) is 24.5 Å². The molecule has 1 aromatic rings. The Hall–Kier alpha value is -1.13. The summed E-state index contributed by atoms with van der Waals surface area (Å²) in [5.74, 6) is -0.120. The Kier molecular flexibility index (Phi) is 6.70. The van der Waals surface area contributed by atoms with Gasteiger partial charge in [0.05, 0.1) is 12.2 Å². The average molecular weight is 217 g/mol. The highest BCUT2D eigenvalue weighted by atomic mass is 35.5. The van der Waals surface area contributed by atoms with Crippen LogP contribution in [0.3, 0.4) is 0 Å². The summed E-state index contributed by atoms with van der Waals surface area (Å²) in [4.78, 5) is 15.2. The van der Waals surface area contributed by atoms with Gasteiger partial charge in [-0.2, -0.15) is 0 Å². The van der Waals surface area contributed by atoms with Gasteiger partial charge in [-0.25, -0.2) is 0 Å². The number of halogens is 1. The zero-order valence-electron chi connectivity index (χ0n) is 7.90. The zero-order chi connectivity index (χ0) is 9.52. The van der Waals surface area contributed by atoms with E-state index in [-0.39, 0.29) is 18.3 Å². The van der Waals surface area contributed by atoms with E-state index in [0.717, 1.165) is 0 Å². The number of pyridine rings is 1. The number of nitrogens with one attached hydrogen (secondary N) is 1. The van der Waals surface area contributed by atoms with Crippen molar-refractivity contribution >= 4 is 18.3 Å². The molecule has 4 nitrogen and oxygen atoms in total. The number of hydrogen-bond acceptors (Lipinski definition) is 3. The molecule has 0 aliphatic heterocycles. The van der Waals surface area contributed by atoms with Gasteiger partial charge < -0.3 is 10.1 Å². The largest absolute Gasteiger partial charge is 0.383 e. The molecule has 0 radical (unpaired) electrons. The molecule has 1 aromatic heterocycles. The van der Waals surface area contributed by atoms with Gasteiger partial charge >= 0.3 is 0 Å². The molecule has 1 rings (SSSR count). The van der Waals surface area contributed by atoms with E-state index in [4.69, 9.17) is 4.74 Å². The average Bonchev–Trinajstić information content (AvgIpc) is 2.19. The number of carbonyl (C=O) groups excluding carboxylic acids is 1. The van der Waals surface area contributed by atoms with Crippen LogP contribution >= 0.6 is 12.4 Å². The van der Waals surface area contributed by atoms with Crippen LogP contribution in [-0.2, 0) is 4.74 Å². The molecular weight excluding hydrogens is 204 g/mol. The van der Waals surface area contributed by atoms with Gasteiger partial charge in [-0.1, -0.05) is 0 Å². The van der Waals surface area contributed by atoms with Crippen LogP contribution < -0.4 is 5.32 Å². The summed E-state index contributed by atoms with van der Waals surface area (Å²) < 4.78 is 4.80. The SMILES string of the molecule is COCCNC(=O)c1cccnc1.Cl. The van der Waals surface area contributed by atoms with Crippen LogP contribution in [-0.4, -0.2) is 31.2 Å². The van der Waals surface area contributed by atoms with E-state index in [2.05, 4.69) is 10.3 Å². The van der Waals surface area contributed by atoms with Crippen LogP contribution in [0, 0.1) is 0 Å². The predicted octanol–water partition coefficient (Wildman–Crippen LogP) is 0.880. The van der Waals surface area contributed by atoms with Crippen LogP contribution in [0.5, 0.6) is 0 Å². The minimum absolute atomic E-state index is 0. The van der Waals surface area contributed by atoms with Crippen molar-refractivity contribution in [3.63, 3.8) is 0 Å². The van der Waals surface area contributed by atoms with E-state index < -0.39 is 0 Å². The number of ether oxygens (including phenoxy) is 1. The van der Waals surface area contributed by atoms with Crippen molar-refractivity contribution in [1.82, 2.24) is 10.3 Å². The molecule has 0 atom stereocenters. The standard InChI is InChI=1S/C9H12N2O2.ClH/c1-13-6-5-11-9(12)8-3-2-4-10-7-8;/h2-4,7H,5-6H2,1H3,(H,11,12);1H. The lowest BCUT2D eigenvalue weighted by molar-refractivity contribution is 0.0937. The number of rotatable bonds is 4. The maximum Gasteiger partial charge on any atom is 0.252 e. The topological polar surface area (TPSA) is 51.2 Å². The number of carbonyl (C=O) groups is 1. The quantitative estimate of drug-likeness (QED) is 0.761. The first-order chi connectivity index (χ1) is 6.34. The highest BCUT2D eigenvalue weighted by molar-refractivity contribution is 5.93. The second-order valence-electron chi connectivity index (χ2n) is 2.49. The molecule has 14 heavy (non-hydrogen) atoms. The number of methoxy groups -OCH3 is 1. The fourth-order valence-electron chi connectivity index (χ4n) is 0.866. The van der Waals surface area contributed by atoms with Crippen molar-refractivity contribution in [2.24, 2.45) is 0 Å². The summed E-state index contributed by atoms with van der Waals surface area (Å²) in [7, 11) is 1.59. The van der Waals surface area contributed by atoms with E-state index >= 15 is 0 Å². The Labute approximate surface area is 89.1 Å². The molecule has 0 aromatic carbocycles. The number of amides is 1. The normalized spacial score (nSPS) is 8.93. The summed E-state index contributed by atoms with van der Waals surface area (Å²) in [6, 6.07) is 3.44. The highest BCUT2D eigenvalue weighted by Gasteiger charge is 2.02.